The maximum absolute atomic E-state index is 14.5. The van der Waals surface area contributed by atoms with Crippen LogP contribution in [-0.2, 0) is 4.74 Å². The van der Waals surface area contributed by atoms with Gasteiger partial charge in [0.15, 0.2) is 11.5 Å². The summed E-state index contributed by atoms with van der Waals surface area (Å²) < 4.78 is 22.0. The molecule has 8 heteroatoms. The van der Waals surface area contributed by atoms with Crippen LogP contribution in [0.25, 0.3) is 28.0 Å². The first-order valence-electron chi connectivity index (χ1n) is 12.1. The number of ether oxygens (including phenoxy) is 1. The van der Waals surface area contributed by atoms with Crippen molar-refractivity contribution in [3.05, 3.63) is 66.0 Å². The molecule has 2 aliphatic rings. The molecule has 0 bridgehead atoms. The zero-order chi connectivity index (χ0) is 24.1. The topological polar surface area (TPSA) is 75.8 Å². The second-order valence-corrected chi connectivity index (χ2v) is 9.71. The van der Waals surface area contributed by atoms with E-state index < -0.39 is 5.82 Å². The summed E-state index contributed by atoms with van der Waals surface area (Å²) in [6.07, 6.45) is 6.23. The van der Waals surface area contributed by atoms with Crippen molar-refractivity contribution in [3.63, 3.8) is 0 Å². The number of aromatic hydroxyl groups is 1. The van der Waals surface area contributed by atoms with E-state index in [2.05, 4.69) is 27.0 Å². The predicted octanol–water partition coefficient (Wildman–Crippen LogP) is 4.58. The van der Waals surface area contributed by atoms with Crippen LogP contribution in [0, 0.1) is 12.7 Å². The van der Waals surface area contributed by atoms with Crippen LogP contribution in [0.5, 0.6) is 5.75 Å². The highest BCUT2D eigenvalue weighted by Crippen LogP contribution is 2.35. The molecule has 4 aromatic rings. The quantitative estimate of drug-likeness (QED) is 0.457. The van der Waals surface area contributed by atoms with E-state index in [0.717, 1.165) is 43.9 Å². The van der Waals surface area contributed by atoms with Crippen molar-refractivity contribution in [2.24, 2.45) is 0 Å². The summed E-state index contributed by atoms with van der Waals surface area (Å²) in [7, 11) is 0. The van der Waals surface area contributed by atoms with Crippen LogP contribution in [0.1, 0.15) is 37.1 Å². The summed E-state index contributed by atoms with van der Waals surface area (Å²) in [6, 6.07) is 11.1. The first-order valence-corrected chi connectivity index (χ1v) is 12.1. The van der Waals surface area contributed by atoms with Gasteiger partial charge in [0.25, 0.3) is 0 Å². The van der Waals surface area contributed by atoms with Crippen molar-refractivity contribution in [2.75, 3.05) is 19.7 Å². The molecule has 3 aromatic heterocycles. The Morgan fingerprint density at radius 2 is 1.94 bits per heavy atom. The lowest BCUT2D eigenvalue weighted by atomic mass is 9.92. The Hall–Kier alpha value is -3.36. The monoisotopic (exact) mass is 473 g/mol. The minimum Gasteiger partial charge on any atom is -0.507 e. The van der Waals surface area contributed by atoms with Crippen molar-refractivity contribution in [1.29, 1.82) is 0 Å². The maximum atomic E-state index is 14.5. The first kappa shape index (κ1) is 22.1. The number of aryl methyl sites for hydroxylation is 1. The Bertz CT molecular complexity index is 1370. The number of hydrogen-bond donors (Lipinski definition) is 1. The van der Waals surface area contributed by atoms with Crippen LogP contribution in [0.3, 0.4) is 0 Å². The molecule has 2 atom stereocenters. The molecule has 2 saturated heterocycles. The van der Waals surface area contributed by atoms with Gasteiger partial charge in [0, 0.05) is 55.2 Å². The normalized spacial score (nSPS) is 19.8. The number of likely N-dealkylation sites (tertiary alicyclic amines) is 1. The number of hydrogen-bond acceptors (Lipinski definition) is 6. The molecule has 5 heterocycles. The van der Waals surface area contributed by atoms with Crippen molar-refractivity contribution in [1.82, 2.24) is 24.5 Å². The number of imidazole rings is 1. The molecule has 180 valence electrons. The predicted molar refractivity (Wildman–Crippen MR) is 131 cm³/mol. The van der Waals surface area contributed by atoms with Gasteiger partial charge in [-0.2, -0.15) is 10.2 Å². The molecular weight excluding hydrogens is 445 g/mol. The number of pyridine rings is 1. The van der Waals surface area contributed by atoms with E-state index in [4.69, 9.17) is 4.74 Å². The molecule has 0 spiro atoms. The number of nitrogens with zero attached hydrogens (tertiary/aromatic N) is 5. The molecule has 0 amide bonds. The standard InChI is InChI=1S/C27H28FN5O2/c1-16-12-33-13-19(10-22(28)27(33)29-16)18-5-6-21(25(34)11-18)24-8-7-23(30-31-24)20-14-32(15-20)17(2)26-4-3-9-35-26/h5-8,10-13,17,20,26,34H,3-4,9,14-15H2,1-2H3. The first-order chi connectivity index (χ1) is 17.0. The van der Waals surface area contributed by atoms with Gasteiger partial charge < -0.3 is 14.2 Å². The van der Waals surface area contributed by atoms with Gasteiger partial charge in [-0.05, 0) is 62.6 Å². The van der Waals surface area contributed by atoms with Gasteiger partial charge in [-0.25, -0.2) is 9.37 Å². The summed E-state index contributed by atoms with van der Waals surface area (Å²) in [5, 5.41) is 19.6. The SMILES string of the molecule is Cc1cn2cc(-c3ccc(-c4ccc(C5CN(C(C)C6CCCO6)C5)nn4)c(O)c3)cc(F)c2n1. The van der Waals surface area contributed by atoms with Crippen molar-refractivity contribution in [3.8, 4) is 28.1 Å². The Labute approximate surface area is 203 Å². The lowest BCUT2D eigenvalue weighted by Crippen LogP contribution is -2.53. The Morgan fingerprint density at radius 1 is 1.09 bits per heavy atom. The maximum Gasteiger partial charge on any atom is 0.173 e. The number of halogens is 1. The molecule has 0 aliphatic carbocycles. The molecule has 35 heavy (non-hydrogen) atoms. The number of phenolic OH excluding ortho intramolecular Hbond substituents is 1. The second-order valence-electron chi connectivity index (χ2n) is 9.71. The molecule has 6 rings (SSSR count). The molecule has 2 fully saturated rings. The lowest BCUT2D eigenvalue weighted by Gasteiger charge is -2.44. The lowest BCUT2D eigenvalue weighted by molar-refractivity contribution is -0.00408. The molecule has 0 saturated carbocycles. The number of aromatic nitrogens is 4. The summed E-state index contributed by atoms with van der Waals surface area (Å²) in [5.41, 5.74) is 4.57. The van der Waals surface area contributed by atoms with Gasteiger partial charge >= 0.3 is 0 Å². The van der Waals surface area contributed by atoms with Crippen LogP contribution >= 0.6 is 0 Å². The average molecular weight is 474 g/mol. The van der Waals surface area contributed by atoms with Crippen molar-refractivity contribution in [2.45, 2.75) is 44.8 Å². The van der Waals surface area contributed by atoms with Gasteiger partial charge in [-0.15, -0.1) is 0 Å². The third-order valence-electron chi connectivity index (χ3n) is 7.33. The van der Waals surface area contributed by atoms with E-state index in [1.54, 1.807) is 22.7 Å². The molecule has 2 aliphatic heterocycles. The zero-order valence-electron chi connectivity index (χ0n) is 19.9. The average Bonchev–Trinajstić information content (AvgIpc) is 3.48. The highest BCUT2D eigenvalue weighted by atomic mass is 19.1. The van der Waals surface area contributed by atoms with Crippen LogP contribution < -0.4 is 0 Å². The van der Waals surface area contributed by atoms with Gasteiger partial charge in [0.1, 0.15) is 5.75 Å². The van der Waals surface area contributed by atoms with Crippen LogP contribution in [0.2, 0.25) is 0 Å². The van der Waals surface area contributed by atoms with E-state index in [-0.39, 0.29) is 5.75 Å². The summed E-state index contributed by atoms with van der Waals surface area (Å²) in [5.74, 6) is 0.0421. The van der Waals surface area contributed by atoms with E-state index in [1.165, 1.54) is 6.07 Å². The highest BCUT2D eigenvalue weighted by Gasteiger charge is 2.37. The van der Waals surface area contributed by atoms with Crippen molar-refractivity contribution < 1.29 is 14.2 Å². The van der Waals surface area contributed by atoms with Gasteiger partial charge in [-0.1, -0.05) is 6.07 Å². The van der Waals surface area contributed by atoms with Crippen LogP contribution in [0.15, 0.2) is 48.8 Å². The van der Waals surface area contributed by atoms with E-state index in [9.17, 15) is 9.50 Å². The molecule has 1 aromatic carbocycles. The van der Waals surface area contributed by atoms with E-state index >= 15 is 0 Å². The number of fused-ring (bicyclic) bond motifs is 1. The molecule has 7 nitrogen and oxygen atoms in total. The summed E-state index contributed by atoms with van der Waals surface area (Å²) >= 11 is 0. The second kappa shape index (κ2) is 8.70. The number of rotatable bonds is 5. The van der Waals surface area contributed by atoms with Gasteiger partial charge in [0.05, 0.1) is 23.2 Å². The third-order valence-corrected chi connectivity index (χ3v) is 7.33. The largest absolute Gasteiger partial charge is 0.507 e. The van der Waals surface area contributed by atoms with E-state index in [0.29, 0.717) is 46.1 Å². The highest BCUT2D eigenvalue weighted by molar-refractivity contribution is 5.74. The summed E-state index contributed by atoms with van der Waals surface area (Å²) in [6.45, 7) is 6.88. The Kier molecular flexibility index (Phi) is 5.50. The molecule has 1 N–H and O–H groups in total. The van der Waals surface area contributed by atoms with Crippen LogP contribution in [-0.4, -0.2) is 61.4 Å². The zero-order valence-corrected chi connectivity index (χ0v) is 19.9. The Balaban J connectivity index is 1.17. The van der Waals surface area contributed by atoms with Gasteiger partial charge in [0.2, 0.25) is 0 Å². The molecule has 2 unspecified atom stereocenters. The van der Waals surface area contributed by atoms with Gasteiger partial charge in [-0.3, -0.25) is 4.90 Å². The fourth-order valence-electron chi connectivity index (χ4n) is 5.22. The van der Waals surface area contributed by atoms with E-state index in [1.807, 2.05) is 31.3 Å². The fraction of sp³-hybridized carbons (Fsp3) is 0.370. The molecular formula is C27H28FN5O2. The fourth-order valence-corrected chi connectivity index (χ4v) is 5.22. The molecule has 0 radical (unpaired) electrons. The number of phenols is 1. The summed E-state index contributed by atoms with van der Waals surface area (Å²) in [4.78, 5) is 6.64. The third kappa shape index (κ3) is 4.06. The smallest absolute Gasteiger partial charge is 0.173 e. The number of benzene rings is 1. The minimum atomic E-state index is -0.402. The van der Waals surface area contributed by atoms with Crippen LogP contribution in [0.4, 0.5) is 4.39 Å². The Morgan fingerprint density at radius 3 is 2.66 bits per heavy atom. The van der Waals surface area contributed by atoms with Crippen molar-refractivity contribution >= 4 is 5.65 Å². The minimum absolute atomic E-state index is 0.0760.